The predicted molar refractivity (Wildman–Crippen MR) is 111 cm³/mol. The van der Waals surface area contributed by atoms with Gasteiger partial charge < -0.3 is 20.7 Å². The molecule has 1 aromatic heterocycles. The summed E-state index contributed by atoms with van der Waals surface area (Å²) in [4.78, 5) is 23.6. The van der Waals surface area contributed by atoms with Crippen molar-refractivity contribution in [2.24, 2.45) is 0 Å². The average molecular weight is 399 g/mol. The third-order valence-corrected chi connectivity index (χ3v) is 4.95. The van der Waals surface area contributed by atoms with E-state index in [-0.39, 0.29) is 11.9 Å². The summed E-state index contributed by atoms with van der Waals surface area (Å²) in [7, 11) is 1.57. The molecule has 0 bridgehead atoms. The largest absolute Gasteiger partial charge is 0.378 e. The maximum Gasteiger partial charge on any atom is 0.319 e. The first-order chi connectivity index (χ1) is 14.2. The normalized spacial score (nSPS) is 14.4. The molecule has 1 aromatic carbocycles. The summed E-state index contributed by atoms with van der Waals surface area (Å²) in [5.41, 5.74) is 1.83. The smallest absolute Gasteiger partial charge is 0.319 e. The van der Waals surface area contributed by atoms with Crippen LogP contribution in [0.25, 0.3) is 5.69 Å². The molecule has 3 amide bonds. The molecule has 0 atom stereocenters. The monoisotopic (exact) mass is 399 g/mol. The van der Waals surface area contributed by atoms with Crippen molar-refractivity contribution in [1.29, 1.82) is 0 Å². The fraction of sp³-hybridized carbons (Fsp3) is 0.476. The molecule has 1 saturated carbocycles. The Balaban J connectivity index is 1.38. The van der Waals surface area contributed by atoms with Crippen molar-refractivity contribution < 1.29 is 14.3 Å². The van der Waals surface area contributed by atoms with Crippen molar-refractivity contribution in [2.45, 2.75) is 44.6 Å². The van der Waals surface area contributed by atoms with Crippen LogP contribution in [0.15, 0.2) is 36.5 Å². The summed E-state index contributed by atoms with van der Waals surface area (Å²) in [6.07, 6.45) is 9.09. The molecular formula is C21H29N5O3. The lowest BCUT2D eigenvalue weighted by Gasteiger charge is -2.21. The van der Waals surface area contributed by atoms with Gasteiger partial charge in [-0.1, -0.05) is 19.3 Å². The van der Waals surface area contributed by atoms with Crippen LogP contribution in [-0.2, 0) is 4.74 Å². The Morgan fingerprint density at radius 1 is 1.14 bits per heavy atom. The van der Waals surface area contributed by atoms with Crippen LogP contribution in [0.3, 0.4) is 0 Å². The van der Waals surface area contributed by atoms with Crippen LogP contribution in [0, 0.1) is 0 Å². The molecule has 8 heteroatoms. The van der Waals surface area contributed by atoms with Crippen molar-refractivity contribution in [3.63, 3.8) is 0 Å². The zero-order valence-corrected chi connectivity index (χ0v) is 16.8. The summed E-state index contributed by atoms with van der Waals surface area (Å²) in [6.45, 7) is 1.26. The number of ether oxygens (including phenoxy) is 1. The Hall–Kier alpha value is -2.87. The SMILES string of the molecule is CNC(=O)c1ccn(-c2ccc(NC(=O)NCCCOC3CCCCC3)cc2)n1. The minimum absolute atomic E-state index is 0.233. The molecule has 0 spiro atoms. The van der Waals surface area contributed by atoms with Crippen LogP contribution >= 0.6 is 0 Å². The summed E-state index contributed by atoms with van der Waals surface area (Å²) < 4.78 is 7.47. The molecule has 3 N–H and O–H groups in total. The molecule has 2 aromatic rings. The van der Waals surface area contributed by atoms with E-state index in [0.717, 1.165) is 24.9 Å². The van der Waals surface area contributed by atoms with Crippen molar-refractivity contribution >= 4 is 17.6 Å². The lowest BCUT2D eigenvalue weighted by atomic mass is 9.98. The number of aromatic nitrogens is 2. The highest BCUT2D eigenvalue weighted by Gasteiger charge is 2.13. The van der Waals surface area contributed by atoms with Gasteiger partial charge in [0.2, 0.25) is 0 Å². The topological polar surface area (TPSA) is 97.3 Å². The Morgan fingerprint density at radius 2 is 1.90 bits per heavy atom. The van der Waals surface area contributed by atoms with E-state index in [9.17, 15) is 9.59 Å². The molecule has 8 nitrogen and oxygen atoms in total. The van der Waals surface area contributed by atoms with Gasteiger partial charge in [-0.15, -0.1) is 0 Å². The van der Waals surface area contributed by atoms with Crippen LogP contribution in [-0.4, -0.2) is 48.0 Å². The first kappa shape index (κ1) is 20.9. The summed E-state index contributed by atoms with van der Waals surface area (Å²) in [5, 5.41) is 12.4. The Morgan fingerprint density at radius 3 is 2.62 bits per heavy atom. The van der Waals surface area contributed by atoms with Crippen LogP contribution < -0.4 is 16.0 Å². The zero-order valence-electron chi connectivity index (χ0n) is 16.8. The van der Waals surface area contributed by atoms with Gasteiger partial charge in [0.25, 0.3) is 5.91 Å². The molecule has 3 rings (SSSR count). The van der Waals surface area contributed by atoms with Crippen LogP contribution in [0.5, 0.6) is 0 Å². The Kier molecular flexibility index (Phi) is 7.63. The van der Waals surface area contributed by atoms with E-state index in [1.807, 2.05) is 12.1 Å². The molecule has 1 aliphatic rings. The fourth-order valence-corrected chi connectivity index (χ4v) is 3.35. The first-order valence-electron chi connectivity index (χ1n) is 10.2. The van der Waals surface area contributed by atoms with Gasteiger partial charge in [-0.3, -0.25) is 4.79 Å². The second-order valence-electron chi connectivity index (χ2n) is 7.14. The number of carbonyl (C=O) groups is 2. The standard InChI is InChI=1S/C21H29N5O3/c1-22-20(27)19-12-14-26(25-19)17-10-8-16(9-11-17)24-21(28)23-13-5-15-29-18-6-3-2-4-7-18/h8-12,14,18H,2-7,13,15H2,1H3,(H,22,27)(H2,23,24,28). The lowest BCUT2D eigenvalue weighted by Crippen LogP contribution is -2.30. The second kappa shape index (κ2) is 10.6. The highest BCUT2D eigenvalue weighted by Crippen LogP contribution is 2.20. The second-order valence-corrected chi connectivity index (χ2v) is 7.14. The van der Waals surface area contributed by atoms with Gasteiger partial charge in [-0.05, 0) is 49.6 Å². The van der Waals surface area contributed by atoms with Gasteiger partial charge in [0.1, 0.15) is 0 Å². The maximum absolute atomic E-state index is 12.0. The molecule has 0 aliphatic heterocycles. The molecule has 0 radical (unpaired) electrons. The molecule has 29 heavy (non-hydrogen) atoms. The third kappa shape index (κ3) is 6.32. The molecule has 156 valence electrons. The number of hydrogen-bond acceptors (Lipinski definition) is 4. The number of carbonyl (C=O) groups excluding carboxylic acids is 2. The van der Waals surface area contributed by atoms with E-state index in [1.165, 1.54) is 19.3 Å². The summed E-state index contributed by atoms with van der Waals surface area (Å²) in [5.74, 6) is -0.233. The lowest BCUT2D eigenvalue weighted by molar-refractivity contribution is 0.0276. The number of nitrogens with zero attached hydrogens (tertiary/aromatic N) is 2. The molecule has 1 heterocycles. The molecular weight excluding hydrogens is 370 g/mol. The molecule has 0 saturated heterocycles. The highest BCUT2D eigenvalue weighted by molar-refractivity contribution is 5.92. The van der Waals surface area contributed by atoms with Gasteiger partial charge in [-0.2, -0.15) is 5.10 Å². The molecule has 1 aliphatic carbocycles. The minimum atomic E-state index is -0.239. The van der Waals surface area contributed by atoms with Gasteiger partial charge in [0.05, 0.1) is 11.8 Å². The number of hydrogen-bond donors (Lipinski definition) is 3. The van der Waals surface area contributed by atoms with E-state index >= 15 is 0 Å². The number of rotatable bonds is 8. The third-order valence-electron chi connectivity index (χ3n) is 4.95. The molecule has 0 unspecified atom stereocenters. The van der Waals surface area contributed by atoms with E-state index in [4.69, 9.17) is 4.74 Å². The number of urea groups is 1. The zero-order chi connectivity index (χ0) is 20.5. The van der Waals surface area contributed by atoms with Gasteiger partial charge in [0, 0.05) is 32.1 Å². The predicted octanol–water partition coefficient (Wildman–Crippen LogP) is 3.09. The van der Waals surface area contributed by atoms with Gasteiger partial charge in [0.15, 0.2) is 5.69 Å². The fourth-order valence-electron chi connectivity index (χ4n) is 3.35. The average Bonchev–Trinajstić information content (AvgIpc) is 3.24. The van der Waals surface area contributed by atoms with Gasteiger partial charge >= 0.3 is 6.03 Å². The van der Waals surface area contributed by atoms with E-state index < -0.39 is 0 Å². The Labute approximate surface area is 171 Å². The van der Waals surface area contributed by atoms with Crippen LogP contribution in [0.2, 0.25) is 0 Å². The van der Waals surface area contributed by atoms with Crippen LogP contribution in [0.4, 0.5) is 10.5 Å². The van der Waals surface area contributed by atoms with Crippen molar-refractivity contribution in [3.05, 3.63) is 42.2 Å². The highest BCUT2D eigenvalue weighted by atomic mass is 16.5. The quantitative estimate of drug-likeness (QED) is 0.594. The number of nitrogens with one attached hydrogen (secondary N) is 3. The Bertz CT molecular complexity index is 797. The van der Waals surface area contributed by atoms with Crippen molar-refractivity contribution in [2.75, 3.05) is 25.5 Å². The van der Waals surface area contributed by atoms with E-state index in [1.54, 1.807) is 36.1 Å². The van der Waals surface area contributed by atoms with Crippen LogP contribution in [0.1, 0.15) is 49.0 Å². The summed E-state index contributed by atoms with van der Waals surface area (Å²) in [6, 6.07) is 8.65. The number of amides is 3. The van der Waals surface area contributed by atoms with E-state index in [2.05, 4.69) is 21.0 Å². The van der Waals surface area contributed by atoms with Gasteiger partial charge in [-0.25, -0.2) is 9.48 Å². The maximum atomic E-state index is 12.0. The van der Waals surface area contributed by atoms with E-state index in [0.29, 0.717) is 30.6 Å². The van der Waals surface area contributed by atoms with Crippen molar-refractivity contribution in [3.8, 4) is 5.69 Å². The molecule has 1 fully saturated rings. The summed E-state index contributed by atoms with van der Waals surface area (Å²) >= 11 is 0. The number of anilines is 1. The number of benzene rings is 1. The van der Waals surface area contributed by atoms with Crippen molar-refractivity contribution in [1.82, 2.24) is 20.4 Å². The first-order valence-corrected chi connectivity index (χ1v) is 10.2. The minimum Gasteiger partial charge on any atom is -0.378 e.